The molecule has 0 aromatic carbocycles. The van der Waals surface area contributed by atoms with Gasteiger partial charge in [0, 0.05) is 0 Å². The average molecular weight is 511 g/mol. The Morgan fingerprint density at radius 2 is 0.686 bits per heavy atom. The van der Waals surface area contributed by atoms with E-state index in [1.54, 1.807) is 0 Å². The Kier molecular flexibility index (Phi) is 35.4. The molecule has 0 bridgehead atoms. The number of carbonyl (C=O) groups is 2. The third-order valence-electron chi connectivity index (χ3n) is 6.21. The van der Waals surface area contributed by atoms with E-state index in [4.69, 9.17) is 10.2 Å². The second-order valence-electron chi connectivity index (χ2n) is 9.61. The van der Waals surface area contributed by atoms with Gasteiger partial charge in [0.1, 0.15) is 0 Å². The molecule has 2 N–H and O–H groups in total. The molecule has 7 heteroatoms. The predicted molar refractivity (Wildman–Crippen MR) is 141 cm³/mol. The van der Waals surface area contributed by atoms with Gasteiger partial charge in [-0.1, -0.05) is 142 Å². The fraction of sp³-hybridized carbons (Fsp3) is 0.929. The summed E-state index contributed by atoms with van der Waals surface area (Å²) >= 11 is 0. The minimum atomic E-state index is -1.35. The number of hydrogen-bond acceptors (Lipinski definition) is 6. The van der Waals surface area contributed by atoms with E-state index in [0.717, 1.165) is 38.5 Å². The van der Waals surface area contributed by atoms with E-state index in [-0.39, 0.29) is 23.1 Å². The van der Waals surface area contributed by atoms with Crippen molar-refractivity contribution in [3.05, 3.63) is 0 Å². The van der Waals surface area contributed by atoms with Gasteiger partial charge >= 0.3 is 23.1 Å². The summed E-state index contributed by atoms with van der Waals surface area (Å²) in [7, 11) is 0. The maximum atomic E-state index is 10.2. The van der Waals surface area contributed by atoms with Gasteiger partial charge in [-0.25, -0.2) is 0 Å². The summed E-state index contributed by atoms with van der Waals surface area (Å²) < 4.78 is 0. The van der Waals surface area contributed by atoms with E-state index in [2.05, 4.69) is 13.8 Å². The summed E-state index contributed by atoms with van der Waals surface area (Å²) in [5.74, 6) is -2.69. The van der Waals surface area contributed by atoms with Crippen molar-refractivity contribution < 1.29 is 30.0 Å². The maximum Gasteiger partial charge on any atom is 2.00 e. The van der Waals surface area contributed by atoms with Gasteiger partial charge in [0.25, 0.3) is 0 Å². The Morgan fingerprint density at radius 1 is 0.486 bits per heavy atom. The van der Waals surface area contributed by atoms with Crippen molar-refractivity contribution in [1.29, 1.82) is 0 Å². The van der Waals surface area contributed by atoms with E-state index in [9.17, 15) is 19.8 Å². The van der Waals surface area contributed by atoms with Gasteiger partial charge in [-0.3, -0.25) is 0 Å². The van der Waals surface area contributed by atoms with Crippen LogP contribution in [0.2, 0.25) is 0 Å². The Morgan fingerprint density at radius 3 is 0.886 bits per heavy atom. The van der Waals surface area contributed by atoms with Crippen LogP contribution in [-0.4, -0.2) is 57.4 Å². The van der Waals surface area contributed by atoms with Crippen LogP contribution in [0.1, 0.15) is 155 Å². The summed E-state index contributed by atoms with van der Waals surface area (Å²) in [5, 5.41) is 38.4. The Hall–Kier alpha value is -0.374. The summed E-state index contributed by atoms with van der Waals surface area (Å²) in [6.45, 7) is 4.45. The van der Waals surface area contributed by atoms with E-state index in [1.165, 1.54) is 89.9 Å². The summed E-state index contributed by atoms with van der Waals surface area (Å²) in [6.07, 6.45) is 22.4. The van der Waals surface area contributed by atoms with E-state index < -0.39 is 24.1 Å². The van der Waals surface area contributed by atoms with Crippen LogP contribution < -0.4 is 10.2 Å². The first-order valence-corrected chi connectivity index (χ1v) is 14.1. The molecule has 2 atom stereocenters. The van der Waals surface area contributed by atoms with Gasteiger partial charge in [0.05, 0.1) is 24.1 Å². The quantitative estimate of drug-likeness (QED) is 0.146. The smallest absolute Gasteiger partial charge is 0.547 e. The van der Waals surface area contributed by atoms with Gasteiger partial charge in [0.2, 0.25) is 0 Å². The van der Waals surface area contributed by atoms with Gasteiger partial charge in [0.15, 0.2) is 0 Å². The second-order valence-corrected chi connectivity index (χ2v) is 9.61. The van der Waals surface area contributed by atoms with E-state index in [1.807, 2.05) is 0 Å². The van der Waals surface area contributed by atoms with Crippen LogP contribution in [0.15, 0.2) is 0 Å². The van der Waals surface area contributed by atoms with E-state index in [0.29, 0.717) is 12.8 Å². The Labute approximate surface area is 231 Å². The van der Waals surface area contributed by atoms with Crippen LogP contribution in [0.3, 0.4) is 0 Å². The zero-order valence-corrected chi connectivity index (χ0v) is 24.4. The van der Waals surface area contributed by atoms with Crippen LogP contribution >= 0.6 is 0 Å². The molecular formula is C28H54MgO6. The molecule has 0 radical (unpaired) electrons. The average Bonchev–Trinajstić information content (AvgIpc) is 2.81. The van der Waals surface area contributed by atoms with Gasteiger partial charge in [-0.2, -0.15) is 0 Å². The third kappa shape index (κ3) is 33.6. The van der Waals surface area contributed by atoms with E-state index >= 15 is 0 Å². The minimum Gasteiger partial charge on any atom is -0.547 e. The van der Waals surface area contributed by atoms with Crippen LogP contribution in [0, 0.1) is 0 Å². The molecule has 6 nitrogen and oxygen atoms in total. The van der Waals surface area contributed by atoms with Crippen molar-refractivity contribution in [2.45, 2.75) is 167 Å². The Bertz CT molecular complexity index is 407. The molecule has 0 aliphatic carbocycles. The largest absolute Gasteiger partial charge is 2.00 e. The van der Waals surface area contributed by atoms with Crippen molar-refractivity contribution in [1.82, 2.24) is 0 Å². The van der Waals surface area contributed by atoms with Crippen LogP contribution in [0.4, 0.5) is 0 Å². The fourth-order valence-electron chi connectivity index (χ4n) is 3.89. The SMILES string of the molecule is CCCCCCCCCCCCC(O)C(=O)[O-].CCCCCCCCCCCCC(O)C(=O)[O-].[Mg+2]. The first kappa shape index (κ1) is 39.1. The van der Waals surface area contributed by atoms with Crippen LogP contribution in [0.5, 0.6) is 0 Å². The van der Waals surface area contributed by atoms with Gasteiger partial charge in [-0.05, 0) is 12.8 Å². The number of hydrogen-bond donors (Lipinski definition) is 2. The molecule has 0 aliphatic heterocycles. The number of unbranched alkanes of at least 4 members (excludes halogenated alkanes) is 18. The molecule has 0 saturated carbocycles. The van der Waals surface area contributed by atoms with Crippen molar-refractivity contribution in [2.75, 3.05) is 0 Å². The normalized spacial score (nSPS) is 12.2. The van der Waals surface area contributed by atoms with Crippen molar-refractivity contribution >= 4 is 35.0 Å². The maximum absolute atomic E-state index is 10.2. The summed E-state index contributed by atoms with van der Waals surface area (Å²) in [6, 6.07) is 0. The Balaban J connectivity index is -0.000000569. The number of aliphatic hydroxyl groups is 2. The minimum absolute atomic E-state index is 0. The first-order valence-electron chi connectivity index (χ1n) is 14.1. The molecule has 0 spiro atoms. The zero-order chi connectivity index (χ0) is 25.9. The summed E-state index contributed by atoms with van der Waals surface area (Å²) in [5.41, 5.74) is 0. The fourth-order valence-corrected chi connectivity index (χ4v) is 3.89. The molecule has 0 aromatic heterocycles. The molecule has 0 rings (SSSR count). The first-order chi connectivity index (χ1) is 16.4. The standard InChI is InChI=1S/2C14H28O3.Mg/c2*1-2-3-4-5-6-7-8-9-10-11-12-13(15)14(16)17;/h2*13,15H,2-12H2,1H3,(H,16,17);/q;;+2/p-2. The monoisotopic (exact) mass is 510 g/mol. The molecule has 204 valence electrons. The molecule has 0 fully saturated rings. The predicted octanol–water partition coefficient (Wildman–Crippen LogP) is 4.44. The number of carbonyl (C=O) groups excluding carboxylic acids is 2. The molecule has 0 amide bonds. The topological polar surface area (TPSA) is 121 Å². The molecule has 0 aromatic rings. The van der Waals surface area contributed by atoms with Gasteiger partial charge in [-0.15, -0.1) is 0 Å². The molecule has 0 aliphatic rings. The van der Waals surface area contributed by atoms with Crippen LogP contribution in [-0.2, 0) is 9.59 Å². The van der Waals surface area contributed by atoms with Gasteiger partial charge < -0.3 is 30.0 Å². The number of carboxylic acids is 2. The second kappa shape index (κ2) is 31.7. The zero-order valence-electron chi connectivity index (χ0n) is 22.9. The third-order valence-corrected chi connectivity index (χ3v) is 6.21. The molecule has 0 saturated heterocycles. The molecular weight excluding hydrogens is 457 g/mol. The van der Waals surface area contributed by atoms with Crippen molar-refractivity contribution in [3.8, 4) is 0 Å². The molecule has 2 unspecified atom stereocenters. The number of aliphatic hydroxyl groups excluding tert-OH is 2. The number of aliphatic carboxylic acids is 2. The summed E-state index contributed by atoms with van der Waals surface area (Å²) in [4.78, 5) is 20.5. The van der Waals surface area contributed by atoms with Crippen molar-refractivity contribution in [3.63, 3.8) is 0 Å². The van der Waals surface area contributed by atoms with Crippen LogP contribution in [0.25, 0.3) is 0 Å². The molecule has 35 heavy (non-hydrogen) atoms. The number of rotatable bonds is 24. The van der Waals surface area contributed by atoms with Crippen molar-refractivity contribution in [2.24, 2.45) is 0 Å². The molecule has 0 heterocycles. The number of carboxylic acid groups (broad SMARTS) is 2.